The summed E-state index contributed by atoms with van der Waals surface area (Å²) in [6.07, 6.45) is 1.52. The van der Waals surface area contributed by atoms with Gasteiger partial charge < -0.3 is 10.1 Å². The number of hydrogen-bond donors (Lipinski definition) is 1. The molecule has 3 rings (SSSR count). The quantitative estimate of drug-likeness (QED) is 0.550. The summed E-state index contributed by atoms with van der Waals surface area (Å²) in [5, 5.41) is 12.0. The molecule has 0 aliphatic heterocycles. The molecule has 156 valence electrons. The van der Waals surface area contributed by atoms with Crippen LogP contribution < -0.4 is 5.32 Å². The highest BCUT2D eigenvalue weighted by molar-refractivity contribution is 6.34. The van der Waals surface area contributed by atoms with Crippen LogP contribution in [0, 0.1) is 11.3 Å². The molecular formula is C24H20ClN3O3. The van der Waals surface area contributed by atoms with Crippen LogP contribution in [0.25, 0.3) is 11.3 Å². The first-order valence-electron chi connectivity index (χ1n) is 9.47. The zero-order valence-corrected chi connectivity index (χ0v) is 18.0. The van der Waals surface area contributed by atoms with Crippen LogP contribution >= 0.6 is 11.6 Å². The van der Waals surface area contributed by atoms with Crippen molar-refractivity contribution in [1.82, 2.24) is 4.98 Å². The number of ether oxygens (including phenoxy) is 1. The Morgan fingerprint density at radius 1 is 1.06 bits per heavy atom. The Morgan fingerprint density at radius 3 is 2.35 bits per heavy atom. The highest BCUT2D eigenvalue weighted by atomic mass is 35.5. The van der Waals surface area contributed by atoms with Crippen LogP contribution in [-0.2, 0) is 4.74 Å². The highest BCUT2D eigenvalue weighted by Crippen LogP contribution is 2.22. The lowest BCUT2D eigenvalue weighted by molar-refractivity contribution is 0.00694. The third kappa shape index (κ3) is 5.68. The zero-order valence-electron chi connectivity index (χ0n) is 17.3. The topological polar surface area (TPSA) is 92.1 Å². The van der Waals surface area contributed by atoms with E-state index in [1.54, 1.807) is 42.5 Å². The summed E-state index contributed by atoms with van der Waals surface area (Å²) in [7, 11) is 0. The summed E-state index contributed by atoms with van der Waals surface area (Å²) in [5.41, 5.74) is 2.43. The van der Waals surface area contributed by atoms with Gasteiger partial charge in [-0.25, -0.2) is 4.79 Å². The fraction of sp³-hybridized carbons (Fsp3) is 0.167. The molecule has 0 saturated carbocycles. The third-order valence-corrected chi connectivity index (χ3v) is 4.51. The van der Waals surface area contributed by atoms with Gasteiger partial charge in [-0.2, -0.15) is 5.26 Å². The summed E-state index contributed by atoms with van der Waals surface area (Å²) in [4.78, 5) is 29.0. The maximum Gasteiger partial charge on any atom is 0.338 e. The first-order valence-corrected chi connectivity index (χ1v) is 9.85. The van der Waals surface area contributed by atoms with Crippen molar-refractivity contribution in [2.45, 2.75) is 26.4 Å². The van der Waals surface area contributed by atoms with E-state index < -0.39 is 11.5 Å². The van der Waals surface area contributed by atoms with Crippen LogP contribution in [0.1, 0.15) is 47.1 Å². The van der Waals surface area contributed by atoms with Gasteiger partial charge in [0.05, 0.1) is 45.4 Å². The SMILES string of the molecule is CC(C)(C)OC(=O)c1ccc(-c2ccc(NC(=O)c3cc(C#N)ccc3Cl)cn2)cc1. The van der Waals surface area contributed by atoms with Gasteiger partial charge in [-0.3, -0.25) is 9.78 Å². The smallest absolute Gasteiger partial charge is 0.338 e. The van der Waals surface area contributed by atoms with Crippen molar-refractivity contribution in [1.29, 1.82) is 5.26 Å². The number of carbonyl (C=O) groups is 2. The molecule has 7 heteroatoms. The average molecular weight is 434 g/mol. The molecule has 6 nitrogen and oxygen atoms in total. The van der Waals surface area contributed by atoms with Gasteiger partial charge in [-0.15, -0.1) is 0 Å². The van der Waals surface area contributed by atoms with Gasteiger partial charge in [0.1, 0.15) is 5.60 Å². The van der Waals surface area contributed by atoms with Crippen molar-refractivity contribution < 1.29 is 14.3 Å². The molecule has 0 atom stereocenters. The molecular weight excluding hydrogens is 414 g/mol. The van der Waals surface area contributed by atoms with E-state index in [1.165, 1.54) is 18.3 Å². The Bertz CT molecular complexity index is 1160. The minimum absolute atomic E-state index is 0.211. The monoisotopic (exact) mass is 433 g/mol. The molecule has 0 aliphatic carbocycles. The second-order valence-corrected chi connectivity index (χ2v) is 8.18. The van der Waals surface area contributed by atoms with E-state index in [2.05, 4.69) is 10.3 Å². The molecule has 0 aliphatic rings. The Hall–Kier alpha value is -3.69. The Labute approximate surface area is 185 Å². The van der Waals surface area contributed by atoms with Gasteiger partial charge in [-0.1, -0.05) is 23.7 Å². The molecule has 0 spiro atoms. The number of nitriles is 1. The molecule has 0 radical (unpaired) electrons. The van der Waals surface area contributed by atoms with Crippen LogP contribution in [0.3, 0.4) is 0 Å². The number of nitrogens with zero attached hydrogens (tertiary/aromatic N) is 2. The summed E-state index contributed by atoms with van der Waals surface area (Å²) < 4.78 is 5.36. The van der Waals surface area contributed by atoms with E-state index in [0.717, 1.165) is 5.56 Å². The highest BCUT2D eigenvalue weighted by Gasteiger charge is 2.18. The van der Waals surface area contributed by atoms with Gasteiger partial charge in [0.15, 0.2) is 0 Å². The van der Waals surface area contributed by atoms with Crippen LogP contribution in [0.2, 0.25) is 5.02 Å². The molecule has 2 aromatic carbocycles. The lowest BCUT2D eigenvalue weighted by atomic mass is 10.1. The number of halogens is 1. The van der Waals surface area contributed by atoms with E-state index in [-0.39, 0.29) is 16.6 Å². The van der Waals surface area contributed by atoms with Crippen molar-refractivity contribution in [3.05, 3.63) is 82.5 Å². The summed E-state index contributed by atoms with van der Waals surface area (Å²) in [6.45, 7) is 5.45. The van der Waals surface area contributed by atoms with Crippen LogP contribution in [0.4, 0.5) is 5.69 Å². The van der Waals surface area contributed by atoms with Crippen molar-refractivity contribution in [2.75, 3.05) is 5.32 Å². The molecule has 0 unspecified atom stereocenters. The fourth-order valence-electron chi connectivity index (χ4n) is 2.72. The van der Waals surface area contributed by atoms with Gasteiger partial charge >= 0.3 is 5.97 Å². The molecule has 1 amide bonds. The first kappa shape index (κ1) is 22.0. The van der Waals surface area contributed by atoms with E-state index in [1.807, 2.05) is 26.8 Å². The number of nitrogens with one attached hydrogen (secondary N) is 1. The fourth-order valence-corrected chi connectivity index (χ4v) is 2.92. The number of aromatic nitrogens is 1. The van der Waals surface area contributed by atoms with Crippen molar-refractivity contribution in [3.8, 4) is 17.3 Å². The van der Waals surface area contributed by atoms with Crippen LogP contribution in [0.5, 0.6) is 0 Å². The molecule has 0 saturated heterocycles. The van der Waals surface area contributed by atoms with E-state index in [9.17, 15) is 9.59 Å². The normalized spacial score (nSPS) is 10.8. The number of anilines is 1. The number of pyridine rings is 1. The lowest BCUT2D eigenvalue weighted by Crippen LogP contribution is -2.23. The Morgan fingerprint density at radius 2 is 1.77 bits per heavy atom. The molecule has 1 heterocycles. The minimum atomic E-state index is -0.558. The summed E-state index contributed by atoms with van der Waals surface area (Å²) in [6, 6.07) is 16.9. The van der Waals surface area contributed by atoms with Crippen molar-refractivity contribution >= 4 is 29.2 Å². The van der Waals surface area contributed by atoms with E-state index in [0.29, 0.717) is 22.5 Å². The number of benzene rings is 2. The second kappa shape index (κ2) is 8.99. The van der Waals surface area contributed by atoms with Gasteiger partial charge in [0.25, 0.3) is 5.91 Å². The predicted molar refractivity (Wildman–Crippen MR) is 119 cm³/mol. The summed E-state index contributed by atoms with van der Waals surface area (Å²) >= 11 is 6.07. The Kier molecular flexibility index (Phi) is 6.38. The number of rotatable bonds is 4. The average Bonchev–Trinajstić information content (AvgIpc) is 2.73. The maximum atomic E-state index is 12.5. The lowest BCUT2D eigenvalue weighted by Gasteiger charge is -2.19. The van der Waals surface area contributed by atoms with E-state index >= 15 is 0 Å². The largest absolute Gasteiger partial charge is 0.456 e. The van der Waals surface area contributed by atoms with Crippen LogP contribution in [0.15, 0.2) is 60.8 Å². The van der Waals surface area contributed by atoms with E-state index in [4.69, 9.17) is 21.6 Å². The maximum absolute atomic E-state index is 12.5. The number of hydrogen-bond acceptors (Lipinski definition) is 5. The van der Waals surface area contributed by atoms with Crippen LogP contribution in [-0.4, -0.2) is 22.5 Å². The Balaban J connectivity index is 1.71. The van der Waals surface area contributed by atoms with Gasteiger partial charge in [0, 0.05) is 5.56 Å². The second-order valence-electron chi connectivity index (χ2n) is 7.77. The molecule has 0 bridgehead atoms. The molecule has 31 heavy (non-hydrogen) atoms. The minimum Gasteiger partial charge on any atom is -0.456 e. The predicted octanol–water partition coefficient (Wildman–Crippen LogP) is 5.48. The molecule has 1 aromatic heterocycles. The van der Waals surface area contributed by atoms with Gasteiger partial charge in [0.2, 0.25) is 0 Å². The third-order valence-electron chi connectivity index (χ3n) is 4.18. The van der Waals surface area contributed by atoms with Crippen molar-refractivity contribution in [2.24, 2.45) is 0 Å². The number of esters is 1. The van der Waals surface area contributed by atoms with Gasteiger partial charge in [-0.05, 0) is 63.2 Å². The summed E-state index contributed by atoms with van der Waals surface area (Å²) in [5.74, 6) is -0.817. The first-order chi connectivity index (χ1) is 14.7. The zero-order chi connectivity index (χ0) is 22.6. The molecule has 0 fully saturated rings. The standard InChI is InChI=1S/C24H20ClN3O3/c1-24(2,3)31-23(30)17-7-5-16(6-8-17)21-11-9-18(14-27-21)28-22(29)19-12-15(13-26)4-10-20(19)25/h4-12,14H,1-3H3,(H,28,29). The molecule has 3 aromatic rings. The number of carbonyl (C=O) groups excluding carboxylic acids is 2. The molecule has 1 N–H and O–H groups in total. The van der Waals surface area contributed by atoms with Crippen molar-refractivity contribution in [3.63, 3.8) is 0 Å². The number of amides is 1.